The van der Waals surface area contributed by atoms with Gasteiger partial charge in [-0.25, -0.2) is 4.68 Å². The second kappa shape index (κ2) is 7.27. The Morgan fingerprint density at radius 2 is 1.76 bits per heavy atom. The standard InChI is InChI=1S/C17H14BrN5O2/c1-11-15(10-20-23(11)14-6-4-13(18)5-7-14)17(25)22-21-16(24)12-3-2-8-19-9-12/h2-10H,1H3,(H,21,24)(H,22,25). The molecule has 8 heteroatoms. The average molecular weight is 400 g/mol. The molecule has 0 unspecified atom stereocenters. The molecule has 1 aromatic carbocycles. The predicted octanol–water partition coefficient (Wildman–Crippen LogP) is 2.41. The zero-order valence-corrected chi connectivity index (χ0v) is 14.8. The highest BCUT2D eigenvalue weighted by atomic mass is 79.9. The van der Waals surface area contributed by atoms with Gasteiger partial charge in [0.1, 0.15) is 0 Å². The highest BCUT2D eigenvalue weighted by molar-refractivity contribution is 9.10. The number of carbonyl (C=O) groups excluding carboxylic acids is 2. The van der Waals surface area contributed by atoms with Crippen molar-refractivity contribution in [3.05, 3.63) is 76.3 Å². The predicted molar refractivity (Wildman–Crippen MR) is 95.2 cm³/mol. The van der Waals surface area contributed by atoms with Gasteiger partial charge in [-0.3, -0.25) is 25.4 Å². The van der Waals surface area contributed by atoms with Crippen molar-refractivity contribution < 1.29 is 9.59 Å². The summed E-state index contributed by atoms with van der Waals surface area (Å²) in [6.45, 7) is 1.78. The van der Waals surface area contributed by atoms with Gasteiger partial charge in [0.05, 0.1) is 28.7 Å². The van der Waals surface area contributed by atoms with Gasteiger partial charge in [0.15, 0.2) is 0 Å². The van der Waals surface area contributed by atoms with Gasteiger partial charge >= 0.3 is 0 Å². The van der Waals surface area contributed by atoms with E-state index in [4.69, 9.17) is 0 Å². The van der Waals surface area contributed by atoms with E-state index in [1.165, 1.54) is 12.4 Å². The number of hydrogen-bond donors (Lipinski definition) is 2. The normalized spacial score (nSPS) is 10.3. The van der Waals surface area contributed by atoms with Crippen LogP contribution in [0.4, 0.5) is 0 Å². The summed E-state index contributed by atoms with van der Waals surface area (Å²) in [6, 6.07) is 10.8. The maximum Gasteiger partial charge on any atom is 0.273 e. The van der Waals surface area contributed by atoms with Crippen LogP contribution in [-0.2, 0) is 0 Å². The van der Waals surface area contributed by atoms with E-state index in [0.29, 0.717) is 16.8 Å². The van der Waals surface area contributed by atoms with E-state index in [-0.39, 0.29) is 0 Å². The Kier molecular flexibility index (Phi) is 4.90. The molecule has 3 rings (SSSR count). The number of halogens is 1. The molecule has 0 aliphatic rings. The van der Waals surface area contributed by atoms with Crippen molar-refractivity contribution in [3.63, 3.8) is 0 Å². The minimum absolute atomic E-state index is 0.352. The number of nitrogens with one attached hydrogen (secondary N) is 2. The van der Waals surface area contributed by atoms with Crippen LogP contribution in [0, 0.1) is 6.92 Å². The summed E-state index contributed by atoms with van der Waals surface area (Å²) < 4.78 is 2.61. The molecule has 0 saturated carbocycles. The Morgan fingerprint density at radius 1 is 1.04 bits per heavy atom. The number of pyridine rings is 1. The quantitative estimate of drug-likeness (QED) is 0.661. The van der Waals surface area contributed by atoms with Crippen LogP contribution in [-0.4, -0.2) is 26.6 Å². The molecule has 0 spiro atoms. The number of amides is 2. The summed E-state index contributed by atoms with van der Waals surface area (Å²) in [4.78, 5) is 28.1. The number of nitrogens with zero attached hydrogens (tertiary/aromatic N) is 3. The Morgan fingerprint density at radius 3 is 2.44 bits per heavy atom. The number of benzene rings is 1. The van der Waals surface area contributed by atoms with E-state index in [1.807, 2.05) is 24.3 Å². The van der Waals surface area contributed by atoms with Crippen LogP contribution in [0.15, 0.2) is 59.5 Å². The summed E-state index contributed by atoms with van der Waals surface area (Å²) >= 11 is 3.38. The molecule has 0 fully saturated rings. The van der Waals surface area contributed by atoms with Gasteiger partial charge < -0.3 is 0 Å². The second-order valence-corrected chi connectivity index (χ2v) is 6.10. The summed E-state index contributed by atoms with van der Waals surface area (Å²) in [7, 11) is 0. The summed E-state index contributed by atoms with van der Waals surface area (Å²) in [5.41, 5.74) is 6.96. The third kappa shape index (κ3) is 3.74. The van der Waals surface area contributed by atoms with Gasteiger partial charge in [0.2, 0.25) is 0 Å². The highest BCUT2D eigenvalue weighted by Gasteiger charge is 2.16. The minimum Gasteiger partial charge on any atom is -0.267 e. The van der Waals surface area contributed by atoms with E-state index in [2.05, 4.69) is 36.9 Å². The van der Waals surface area contributed by atoms with Crippen molar-refractivity contribution in [1.82, 2.24) is 25.6 Å². The molecule has 0 aliphatic carbocycles. The first-order chi connectivity index (χ1) is 12.1. The average Bonchev–Trinajstić information content (AvgIpc) is 3.02. The van der Waals surface area contributed by atoms with Crippen molar-refractivity contribution >= 4 is 27.7 Å². The van der Waals surface area contributed by atoms with Gasteiger partial charge in [-0.1, -0.05) is 15.9 Å². The zero-order valence-electron chi connectivity index (χ0n) is 13.2. The topological polar surface area (TPSA) is 88.9 Å². The molecule has 0 saturated heterocycles. The van der Waals surface area contributed by atoms with Crippen LogP contribution in [0.2, 0.25) is 0 Å². The number of carbonyl (C=O) groups is 2. The Bertz CT molecular complexity index is 907. The summed E-state index contributed by atoms with van der Waals surface area (Å²) in [5, 5.41) is 4.24. The Labute approximate surface area is 152 Å². The minimum atomic E-state index is -0.446. The van der Waals surface area contributed by atoms with Crippen LogP contribution >= 0.6 is 15.9 Å². The van der Waals surface area contributed by atoms with E-state index in [9.17, 15) is 9.59 Å². The number of hydrogen-bond acceptors (Lipinski definition) is 4. The molecule has 2 amide bonds. The van der Waals surface area contributed by atoms with Crippen molar-refractivity contribution in [1.29, 1.82) is 0 Å². The Balaban J connectivity index is 1.71. The number of rotatable bonds is 3. The van der Waals surface area contributed by atoms with Crippen molar-refractivity contribution in [2.45, 2.75) is 6.92 Å². The van der Waals surface area contributed by atoms with Gasteiger partial charge in [0, 0.05) is 16.9 Å². The van der Waals surface area contributed by atoms with E-state index >= 15 is 0 Å². The maximum absolute atomic E-state index is 12.3. The molecule has 0 atom stereocenters. The molecule has 2 N–H and O–H groups in total. The van der Waals surface area contributed by atoms with Crippen LogP contribution < -0.4 is 10.9 Å². The second-order valence-electron chi connectivity index (χ2n) is 5.18. The third-order valence-electron chi connectivity index (χ3n) is 3.54. The SMILES string of the molecule is Cc1c(C(=O)NNC(=O)c2cccnc2)cnn1-c1ccc(Br)cc1. The summed E-state index contributed by atoms with van der Waals surface area (Å²) in [6.07, 6.45) is 4.44. The monoisotopic (exact) mass is 399 g/mol. The fourth-order valence-corrected chi connectivity index (χ4v) is 2.49. The first kappa shape index (κ1) is 16.8. The van der Waals surface area contributed by atoms with Gasteiger partial charge in [0.25, 0.3) is 11.8 Å². The molecule has 126 valence electrons. The van der Waals surface area contributed by atoms with E-state index in [1.54, 1.807) is 29.9 Å². The van der Waals surface area contributed by atoms with Crippen molar-refractivity contribution in [2.75, 3.05) is 0 Å². The lowest BCUT2D eigenvalue weighted by Gasteiger charge is -2.08. The van der Waals surface area contributed by atoms with Gasteiger partial charge in [-0.05, 0) is 43.3 Å². The lowest BCUT2D eigenvalue weighted by Crippen LogP contribution is -2.41. The first-order valence-corrected chi connectivity index (χ1v) is 8.17. The van der Waals surface area contributed by atoms with Gasteiger partial charge in [-0.15, -0.1) is 0 Å². The van der Waals surface area contributed by atoms with Crippen LogP contribution in [0.3, 0.4) is 0 Å². The molecule has 2 heterocycles. The highest BCUT2D eigenvalue weighted by Crippen LogP contribution is 2.17. The largest absolute Gasteiger partial charge is 0.273 e. The van der Waals surface area contributed by atoms with Crippen LogP contribution in [0.1, 0.15) is 26.4 Å². The van der Waals surface area contributed by atoms with E-state index < -0.39 is 11.8 Å². The third-order valence-corrected chi connectivity index (χ3v) is 4.07. The smallest absolute Gasteiger partial charge is 0.267 e. The molecule has 0 bridgehead atoms. The molecular weight excluding hydrogens is 386 g/mol. The zero-order chi connectivity index (χ0) is 17.8. The lowest BCUT2D eigenvalue weighted by atomic mass is 10.2. The Hall–Kier alpha value is -3.00. The summed E-state index contributed by atoms with van der Waals surface area (Å²) in [5.74, 6) is -0.891. The molecule has 0 aliphatic heterocycles. The molecule has 0 radical (unpaired) electrons. The fraction of sp³-hybridized carbons (Fsp3) is 0.0588. The maximum atomic E-state index is 12.3. The van der Waals surface area contributed by atoms with E-state index in [0.717, 1.165) is 10.2 Å². The fourth-order valence-electron chi connectivity index (χ4n) is 2.23. The van der Waals surface area contributed by atoms with Crippen molar-refractivity contribution in [3.8, 4) is 5.69 Å². The molecule has 2 aromatic heterocycles. The lowest BCUT2D eigenvalue weighted by molar-refractivity contribution is 0.0846. The number of hydrazine groups is 1. The van der Waals surface area contributed by atoms with Crippen LogP contribution in [0.5, 0.6) is 0 Å². The van der Waals surface area contributed by atoms with Gasteiger partial charge in [-0.2, -0.15) is 5.10 Å². The molecular formula is C17H14BrN5O2. The van der Waals surface area contributed by atoms with Crippen molar-refractivity contribution in [2.24, 2.45) is 0 Å². The molecule has 3 aromatic rings. The molecule has 25 heavy (non-hydrogen) atoms. The van der Waals surface area contributed by atoms with Crippen LogP contribution in [0.25, 0.3) is 5.69 Å². The first-order valence-electron chi connectivity index (χ1n) is 7.37. The molecule has 7 nitrogen and oxygen atoms in total. The number of aromatic nitrogens is 3.